The first-order chi connectivity index (χ1) is 8.78. The summed E-state index contributed by atoms with van der Waals surface area (Å²) in [5, 5.41) is 0.587. The summed E-state index contributed by atoms with van der Waals surface area (Å²) in [5.41, 5.74) is -0.551. The van der Waals surface area contributed by atoms with Gasteiger partial charge in [-0.05, 0) is 51.5 Å². The highest BCUT2D eigenvalue weighted by Gasteiger charge is 2.39. The van der Waals surface area contributed by atoms with Crippen molar-refractivity contribution >= 4 is 23.5 Å². The van der Waals surface area contributed by atoms with Crippen molar-refractivity contribution in [3.63, 3.8) is 0 Å². The Morgan fingerprint density at radius 2 is 1.89 bits per heavy atom. The van der Waals surface area contributed by atoms with E-state index in [0.717, 1.165) is 5.56 Å². The molecule has 5 heteroatoms. The van der Waals surface area contributed by atoms with E-state index in [2.05, 4.69) is 0 Å². The molecule has 0 amide bonds. The molecule has 104 valence electrons. The average Bonchev–Trinajstić information content (AvgIpc) is 2.34. The van der Waals surface area contributed by atoms with Crippen LogP contribution in [0.4, 0.5) is 0 Å². The normalized spacial score (nSPS) is 11.0. The number of rotatable bonds is 4. The Bertz CT molecular complexity index is 494. The van der Waals surface area contributed by atoms with E-state index in [1.54, 1.807) is 32.0 Å². The van der Waals surface area contributed by atoms with Gasteiger partial charge >= 0.3 is 11.9 Å². The smallest absolute Gasteiger partial charge is 0.328 e. The maximum absolute atomic E-state index is 12.0. The van der Waals surface area contributed by atoms with E-state index in [9.17, 15) is 9.59 Å². The zero-order valence-corrected chi connectivity index (χ0v) is 12.2. The summed E-state index contributed by atoms with van der Waals surface area (Å²) in [6.45, 7) is 6.64. The highest BCUT2D eigenvalue weighted by atomic mass is 35.5. The van der Waals surface area contributed by atoms with Gasteiger partial charge in [-0.1, -0.05) is 11.6 Å². The van der Waals surface area contributed by atoms with Gasteiger partial charge in [0.2, 0.25) is 0 Å². The highest BCUT2D eigenvalue weighted by molar-refractivity contribution is 6.31. The molecule has 0 heterocycles. The minimum Gasteiger partial charge on any atom is -0.465 e. The lowest BCUT2D eigenvalue weighted by Gasteiger charge is -2.20. The second-order valence-corrected chi connectivity index (χ2v) is 5.05. The monoisotopic (exact) mass is 284 g/mol. The van der Waals surface area contributed by atoms with Gasteiger partial charge in [-0.3, -0.25) is 9.59 Å². The molecule has 0 unspecified atom stereocenters. The number of hydrogen-bond donors (Lipinski definition) is 0. The van der Waals surface area contributed by atoms with Crippen LogP contribution in [0, 0.1) is 12.3 Å². The molecule has 1 aromatic rings. The molecule has 0 aliphatic rings. The van der Waals surface area contributed by atoms with Gasteiger partial charge < -0.3 is 9.47 Å². The van der Waals surface area contributed by atoms with Gasteiger partial charge in [0.05, 0.1) is 6.61 Å². The lowest BCUT2D eigenvalue weighted by Crippen LogP contribution is -2.38. The SMILES string of the molecule is CCOC(=O)C(C)(C)C(=O)Oc1ccc(Cl)c(C)c1. The van der Waals surface area contributed by atoms with Gasteiger partial charge in [-0.15, -0.1) is 0 Å². The van der Waals surface area contributed by atoms with Gasteiger partial charge in [-0.25, -0.2) is 0 Å². The van der Waals surface area contributed by atoms with E-state index in [1.807, 2.05) is 0 Å². The Morgan fingerprint density at radius 3 is 2.42 bits per heavy atom. The second-order valence-electron chi connectivity index (χ2n) is 4.65. The molecule has 0 bridgehead atoms. The molecule has 0 aliphatic carbocycles. The zero-order valence-electron chi connectivity index (χ0n) is 11.5. The molecular weight excluding hydrogens is 268 g/mol. The van der Waals surface area contributed by atoms with Gasteiger partial charge in [0.1, 0.15) is 5.75 Å². The van der Waals surface area contributed by atoms with Crippen molar-refractivity contribution in [1.82, 2.24) is 0 Å². The summed E-state index contributed by atoms with van der Waals surface area (Å²) in [6.07, 6.45) is 0. The first-order valence-electron chi connectivity index (χ1n) is 5.94. The fourth-order valence-corrected chi connectivity index (χ4v) is 1.43. The zero-order chi connectivity index (χ0) is 14.6. The van der Waals surface area contributed by atoms with Crippen molar-refractivity contribution in [2.24, 2.45) is 5.41 Å². The largest absolute Gasteiger partial charge is 0.465 e. The van der Waals surface area contributed by atoms with Gasteiger partial charge in [-0.2, -0.15) is 0 Å². The second kappa shape index (κ2) is 6.06. The van der Waals surface area contributed by atoms with E-state index in [-0.39, 0.29) is 6.61 Å². The molecule has 0 saturated heterocycles. The van der Waals surface area contributed by atoms with E-state index in [0.29, 0.717) is 10.8 Å². The molecule has 4 nitrogen and oxygen atoms in total. The molecule has 19 heavy (non-hydrogen) atoms. The number of carbonyl (C=O) groups is 2. The number of carbonyl (C=O) groups excluding carboxylic acids is 2. The van der Waals surface area contributed by atoms with Crippen LogP contribution in [0.5, 0.6) is 5.75 Å². The van der Waals surface area contributed by atoms with Gasteiger partial charge in [0.15, 0.2) is 5.41 Å². The van der Waals surface area contributed by atoms with Crippen LogP contribution in [0.1, 0.15) is 26.3 Å². The quantitative estimate of drug-likeness (QED) is 0.484. The number of benzene rings is 1. The van der Waals surface area contributed by atoms with Crippen molar-refractivity contribution in [2.45, 2.75) is 27.7 Å². The van der Waals surface area contributed by atoms with Crippen molar-refractivity contribution in [1.29, 1.82) is 0 Å². The van der Waals surface area contributed by atoms with Gasteiger partial charge in [0.25, 0.3) is 0 Å². The maximum atomic E-state index is 12.0. The third-order valence-corrected chi connectivity index (χ3v) is 3.06. The predicted octanol–water partition coefficient (Wildman–Crippen LogP) is 3.14. The molecular formula is C14H17ClO4. The summed E-state index contributed by atoms with van der Waals surface area (Å²) < 4.78 is 10.0. The highest BCUT2D eigenvalue weighted by Crippen LogP contribution is 2.25. The third kappa shape index (κ3) is 3.70. The summed E-state index contributed by atoms with van der Waals surface area (Å²) >= 11 is 5.88. The maximum Gasteiger partial charge on any atom is 0.328 e. The van der Waals surface area contributed by atoms with Crippen molar-refractivity contribution < 1.29 is 19.1 Å². The third-order valence-electron chi connectivity index (χ3n) is 2.64. The molecule has 0 spiro atoms. The summed E-state index contributed by atoms with van der Waals surface area (Å²) in [4.78, 5) is 23.7. The Hall–Kier alpha value is -1.55. The molecule has 1 aromatic carbocycles. The Kier molecular flexibility index (Phi) is 4.95. The Morgan fingerprint density at radius 1 is 1.26 bits per heavy atom. The number of esters is 2. The van der Waals surface area contributed by atoms with Gasteiger partial charge in [0, 0.05) is 5.02 Å². The van der Waals surface area contributed by atoms with Crippen LogP contribution in [0.2, 0.25) is 5.02 Å². The first kappa shape index (κ1) is 15.5. The van der Waals surface area contributed by atoms with Crippen LogP contribution in [0.25, 0.3) is 0 Å². The molecule has 0 atom stereocenters. The molecule has 0 fully saturated rings. The number of hydrogen-bond acceptors (Lipinski definition) is 4. The lowest BCUT2D eigenvalue weighted by atomic mass is 9.94. The summed E-state index contributed by atoms with van der Waals surface area (Å²) in [6, 6.07) is 4.85. The Labute approximate surface area is 117 Å². The van der Waals surface area contributed by atoms with Crippen LogP contribution < -0.4 is 4.74 Å². The molecule has 0 aromatic heterocycles. The van der Waals surface area contributed by atoms with E-state index >= 15 is 0 Å². The van der Waals surface area contributed by atoms with E-state index in [1.165, 1.54) is 13.8 Å². The van der Waals surface area contributed by atoms with Crippen LogP contribution >= 0.6 is 11.6 Å². The van der Waals surface area contributed by atoms with Crippen LogP contribution in [0.3, 0.4) is 0 Å². The van der Waals surface area contributed by atoms with Crippen LogP contribution in [0.15, 0.2) is 18.2 Å². The molecule has 0 aliphatic heterocycles. The van der Waals surface area contributed by atoms with E-state index < -0.39 is 17.4 Å². The van der Waals surface area contributed by atoms with Crippen molar-refractivity contribution in [3.8, 4) is 5.75 Å². The minimum absolute atomic E-state index is 0.218. The number of aryl methyl sites for hydroxylation is 1. The van der Waals surface area contributed by atoms with Crippen molar-refractivity contribution in [3.05, 3.63) is 28.8 Å². The molecule has 0 radical (unpaired) electrons. The molecule has 0 N–H and O–H groups in total. The van der Waals surface area contributed by atoms with Crippen molar-refractivity contribution in [2.75, 3.05) is 6.61 Å². The predicted molar refractivity (Wildman–Crippen MR) is 72.2 cm³/mol. The number of halogens is 1. The average molecular weight is 285 g/mol. The van der Waals surface area contributed by atoms with Crippen LogP contribution in [-0.4, -0.2) is 18.5 Å². The molecule has 0 saturated carbocycles. The summed E-state index contributed by atoms with van der Waals surface area (Å²) in [5.74, 6) is -0.914. The number of ether oxygens (including phenoxy) is 2. The molecule has 1 rings (SSSR count). The minimum atomic E-state index is -1.34. The fraction of sp³-hybridized carbons (Fsp3) is 0.429. The van der Waals surface area contributed by atoms with Crippen LogP contribution in [-0.2, 0) is 14.3 Å². The topological polar surface area (TPSA) is 52.6 Å². The summed E-state index contributed by atoms with van der Waals surface area (Å²) in [7, 11) is 0. The lowest BCUT2D eigenvalue weighted by molar-refractivity contribution is -0.164. The Balaban J connectivity index is 2.83. The standard InChI is InChI=1S/C14H17ClO4/c1-5-18-12(16)14(3,4)13(17)19-10-6-7-11(15)9(2)8-10/h6-8H,5H2,1-4H3. The van der Waals surface area contributed by atoms with E-state index in [4.69, 9.17) is 21.1 Å². The first-order valence-corrected chi connectivity index (χ1v) is 6.32. The fourth-order valence-electron chi connectivity index (χ4n) is 1.31.